The Balaban J connectivity index is 1.93. The predicted molar refractivity (Wildman–Crippen MR) is 83.4 cm³/mol. The fourth-order valence-corrected chi connectivity index (χ4v) is 1.80. The van der Waals surface area contributed by atoms with Gasteiger partial charge in [-0.3, -0.25) is 4.79 Å². The normalized spacial score (nSPS) is 10.5. The average molecular weight is 311 g/mol. The van der Waals surface area contributed by atoms with Gasteiger partial charge in [-0.25, -0.2) is 5.43 Å². The van der Waals surface area contributed by atoms with Gasteiger partial charge in [0.2, 0.25) is 0 Å². The molecule has 0 saturated carbocycles. The molecular weight excluding hydrogens is 296 g/mol. The Labute approximate surface area is 133 Å². The Morgan fingerprint density at radius 1 is 1.09 bits per heavy atom. The van der Waals surface area contributed by atoms with Gasteiger partial charge in [0, 0.05) is 5.56 Å². The lowest BCUT2D eigenvalue weighted by Crippen LogP contribution is -2.22. The molecule has 0 fully saturated rings. The highest BCUT2D eigenvalue weighted by Gasteiger charge is 2.04. The summed E-state index contributed by atoms with van der Waals surface area (Å²) in [6, 6.07) is 12.7. The van der Waals surface area contributed by atoms with E-state index in [9.17, 15) is 14.7 Å². The van der Waals surface area contributed by atoms with Crippen molar-refractivity contribution in [3.05, 3.63) is 65.2 Å². The van der Waals surface area contributed by atoms with Crippen LogP contribution in [0.15, 0.2) is 53.6 Å². The number of carboxylic acid groups (broad SMARTS) is 1. The number of carboxylic acids is 1. The number of carbonyl (C=O) groups excluding carboxylic acids is 2. The Kier molecular flexibility index (Phi) is 5.46. The van der Waals surface area contributed by atoms with Crippen molar-refractivity contribution in [2.75, 3.05) is 6.61 Å². The summed E-state index contributed by atoms with van der Waals surface area (Å²) in [5.74, 6) is -0.895. The maximum atomic E-state index is 11.9. The highest BCUT2D eigenvalue weighted by molar-refractivity contribution is 5.95. The molecule has 0 aromatic heterocycles. The number of hydrogen-bond donors (Lipinski definition) is 1. The van der Waals surface area contributed by atoms with Crippen LogP contribution in [0.25, 0.3) is 0 Å². The van der Waals surface area contributed by atoms with Crippen LogP contribution in [0.4, 0.5) is 0 Å². The highest BCUT2D eigenvalue weighted by Crippen LogP contribution is 2.11. The van der Waals surface area contributed by atoms with Gasteiger partial charge < -0.3 is 14.6 Å². The molecule has 0 heterocycles. The summed E-state index contributed by atoms with van der Waals surface area (Å²) in [7, 11) is 0. The monoisotopic (exact) mass is 311 g/mol. The summed E-state index contributed by atoms with van der Waals surface area (Å²) in [6.07, 6.45) is 1.42. The molecule has 2 rings (SSSR count). The molecule has 23 heavy (non-hydrogen) atoms. The van der Waals surface area contributed by atoms with Crippen LogP contribution in [-0.2, 0) is 0 Å². The molecular formula is C17H15N2O4-. The lowest BCUT2D eigenvalue weighted by molar-refractivity contribution is -0.255. The highest BCUT2D eigenvalue weighted by atomic mass is 16.5. The van der Waals surface area contributed by atoms with Crippen molar-refractivity contribution in [2.45, 2.75) is 6.92 Å². The predicted octanol–water partition coefficient (Wildman–Crippen LogP) is 1.21. The first kappa shape index (κ1) is 16.2. The molecule has 118 valence electrons. The number of nitrogens with zero attached hydrogens (tertiary/aromatic N) is 1. The van der Waals surface area contributed by atoms with Crippen molar-refractivity contribution in [1.82, 2.24) is 5.43 Å². The number of carbonyl (C=O) groups is 2. The van der Waals surface area contributed by atoms with E-state index in [1.807, 2.05) is 6.92 Å². The zero-order valence-corrected chi connectivity index (χ0v) is 12.5. The zero-order chi connectivity index (χ0) is 16.7. The van der Waals surface area contributed by atoms with Crippen molar-refractivity contribution in [3.8, 4) is 5.75 Å². The molecule has 0 saturated heterocycles. The van der Waals surface area contributed by atoms with E-state index in [2.05, 4.69) is 10.5 Å². The zero-order valence-electron chi connectivity index (χ0n) is 12.5. The van der Waals surface area contributed by atoms with Gasteiger partial charge in [0.25, 0.3) is 5.91 Å². The van der Waals surface area contributed by atoms with Gasteiger partial charge >= 0.3 is 0 Å². The van der Waals surface area contributed by atoms with Gasteiger partial charge in [0.1, 0.15) is 5.75 Å². The van der Waals surface area contributed by atoms with E-state index >= 15 is 0 Å². The van der Waals surface area contributed by atoms with Crippen LogP contribution in [0.3, 0.4) is 0 Å². The molecule has 0 spiro atoms. The largest absolute Gasteiger partial charge is 0.545 e. The Morgan fingerprint density at radius 2 is 1.70 bits per heavy atom. The van der Waals surface area contributed by atoms with E-state index in [0.29, 0.717) is 23.5 Å². The van der Waals surface area contributed by atoms with Crippen molar-refractivity contribution >= 4 is 18.1 Å². The van der Waals surface area contributed by atoms with Gasteiger partial charge in [-0.05, 0) is 42.3 Å². The second-order valence-electron chi connectivity index (χ2n) is 4.57. The van der Waals surface area contributed by atoms with Crippen LogP contribution in [0, 0.1) is 0 Å². The van der Waals surface area contributed by atoms with Crippen molar-refractivity contribution < 1.29 is 19.4 Å². The third kappa shape index (κ3) is 4.67. The lowest BCUT2D eigenvalue weighted by Gasteiger charge is -2.04. The number of hydrogen-bond acceptors (Lipinski definition) is 5. The van der Waals surface area contributed by atoms with Crippen LogP contribution >= 0.6 is 0 Å². The molecule has 6 heteroatoms. The van der Waals surface area contributed by atoms with E-state index in [-0.39, 0.29) is 11.5 Å². The van der Waals surface area contributed by atoms with Crippen molar-refractivity contribution in [1.29, 1.82) is 0 Å². The minimum atomic E-state index is -1.24. The summed E-state index contributed by atoms with van der Waals surface area (Å²) in [5, 5.41) is 14.5. The van der Waals surface area contributed by atoms with Crippen molar-refractivity contribution in [2.24, 2.45) is 5.10 Å². The third-order valence-corrected chi connectivity index (χ3v) is 2.95. The second-order valence-corrected chi connectivity index (χ2v) is 4.57. The van der Waals surface area contributed by atoms with E-state index in [0.717, 1.165) is 0 Å². The molecule has 0 aliphatic rings. The van der Waals surface area contributed by atoms with Crippen LogP contribution < -0.4 is 15.3 Å². The number of aromatic carboxylic acids is 1. The Hall–Kier alpha value is -3.15. The van der Waals surface area contributed by atoms with Gasteiger partial charge in [-0.15, -0.1) is 0 Å². The van der Waals surface area contributed by atoms with Crippen LogP contribution in [0.1, 0.15) is 33.2 Å². The average Bonchev–Trinajstić information content (AvgIpc) is 2.56. The topological polar surface area (TPSA) is 90.8 Å². The molecule has 1 N–H and O–H groups in total. The smallest absolute Gasteiger partial charge is 0.271 e. The molecule has 0 atom stereocenters. The SMILES string of the molecule is CCOc1ccc(C(=O)N/N=C\c2ccc(C(=O)[O-])cc2)cc1. The Bertz CT molecular complexity index is 706. The summed E-state index contributed by atoms with van der Waals surface area (Å²) >= 11 is 0. The quantitative estimate of drug-likeness (QED) is 0.641. The number of ether oxygens (including phenoxy) is 1. The molecule has 6 nitrogen and oxygen atoms in total. The van der Waals surface area contributed by atoms with Gasteiger partial charge in [-0.1, -0.05) is 24.3 Å². The van der Waals surface area contributed by atoms with Gasteiger partial charge in [0.05, 0.1) is 18.8 Å². The molecule has 0 aliphatic heterocycles. The molecule has 0 unspecified atom stereocenters. The fourth-order valence-electron chi connectivity index (χ4n) is 1.80. The first-order chi connectivity index (χ1) is 11.1. The summed E-state index contributed by atoms with van der Waals surface area (Å²) in [5.41, 5.74) is 3.59. The van der Waals surface area contributed by atoms with E-state index in [1.54, 1.807) is 36.4 Å². The summed E-state index contributed by atoms with van der Waals surface area (Å²) in [6.45, 7) is 2.45. The number of benzene rings is 2. The molecule has 0 radical (unpaired) electrons. The number of rotatable bonds is 6. The van der Waals surface area contributed by atoms with E-state index < -0.39 is 5.97 Å². The maximum absolute atomic E-state index is 11.9. The van der Waals surface area contributed by atoms with Crippen LogP contribution in [0.5, 0.6) is 5.75 Å². The van der Waals surface area contributed by atoms with E-state index in [4.69, 9.17) is 4.74 Å². The first-order valence-corrected chi connectivity index (χ1v) is 6.98. The van der Waals surface area contributed by atoms with Gasteiger partial charge in [-0.2, -0.15) is 5.10 Å². The fraction of sp³-hybridized carbons (Fsp3) is 0.118. The molecule has 0 bridgehead atoms. The minimum Gasteiger partial charge on any atom is -0.545 e. The van der Waals surface area contributed by atoms with Crippen LogP contribution in [-0.4, -0.2) is 24.7 Å². The maximum Gasteiger partial charge on any atom is 0.271 e. The number of amides is 1. The second kappa shape index (κ2) is 7.74. The van der Waals surface area contributed by atoms with Crippen molar-refractivity contribution in [3.63, 3.8) is 0 Å². The molecule has 2 aromatic carbocycles. The van der Waals surface area contributed by atoms with Crippen LogP contribution in [0.2, 0.25) is 0 Å². The summed E-state index contributed by atoms with van der Waals surface area (Å²) < 4.78 is 5.30. The minimum absolute atomic E-state index is 0.0839. The molecule has 2 aromatic rings. The molecule has 1 amide bonds. The number of hydrazone groups is 1. The summed E-state index contributed by atoms with van der Waals surface area (Å²) in [4.78, 5) is 22.5. The molecule has 0 aliphatic carbocycles. The standard InChI is InChI=1S/C17H16N2O4/c1-2-23-15-9-7-13(8-10-15)16(20)19-18-11-12-3-5-14(6-4-12)17(21)22/h3-11H,2H2,1H3,(H,19,20)(H,21,22)/p-1/b18-11-. The lowest BCUT2D eigenvalue weighted by atomic mass is 10.1. The van der Waals surface area contributed by atoms with E-state index in [1.165, 1.54) is 18.3 Å². The Morgan fingerprint density at radius 3 is 2.26 bits per heavy atom. The first-order valence-electron chi connectivity index (χ1n) is 6.98. The van der Waals surface area contributed by atoms with Gasteiger partial charge in [0.15, 0.2) is 0 Å². The third-order valence-electron chi connectivity index (χ3n) is 2.95. The number of nitrogens with one attached hydrogen (secondary N) is 1.